The minimum absolute atomic E-state index is 0.0477. The molecule has 1 aromatic heterocycles. The second-order valence-electron chi connectivity index (χ2n) is 8.05. The highest BCUT2D eigenvalue weighted by atomic mass is 32.1. The summed E-state index contributed by atoms with van der Waals surface area (Å²) in [6.45, 7) is 3.72. The minimum Gasteiger partial charge on any atom is -0.454 e. The quantitative estimate of drug-likeness (QED) is 0.437. The van der Waals surface area contributed by atoms with Crippen LogP contribution in [0.4, 0.5) is 0 Å². The van der Waals surface area contributed by atoms with Crippen molar-refractivity contribution in [1.82, 2.24) is 9.80 Å². The molecule has 8 heteroatoms. The summed E-state index contributed by atoms with van der Waals surface area (Å²) < 4.78 is 16.0. The monoisotopic (exact) mass is 480 g/mol. The number of ether oxygens (including phenoxy) is 3. The molecule has 7 nitrogen and oxygen atoms in total. The number of thiophene rings is 1. The lowest BCUT2D eigenvalue weighted by Gasteiger charge is -2.28. The second kappa shape index (κ2) is 11.2. The van der Waals surface area contributed by atoms with Crippen LogP contribution in [0.2, 0.25) is 0 Å². The highest BCUT2D eigenvalue weighted by molar-refractivity contribution is 7.10. The summed E-state index contributed by atoms with van der Waals surface area (Å²) in [6.07, 6.45) is 0. The Morgan fingerprint density at radius 2 is 1.79 bits per heavy atom. The van der Waals surface area contributed by atoms with Crippen LogP contribution in [-0.2, 0) is 22.6 Å². The molecule has 0 fully saturated rings. The standard InChI is InChI=1S/C26H28N2O5S/c1-19-10-13-34-24(19)16-28(15-20-6-4-3-5-7-20)25(29)17-27(11-12-31-2)26(30)21-8-9-22-23(14-21)33-18-32-22/h3-10,13-14H,11-12,15-18H2,1-2H3. The molecular weight excluding hydrogens is 452 g/mol. The molecule has 4 rings (SSSR count). The summed E-state index contributed by atoms with van der Waals surface area (Å²) in [6, 6.07) is 17.0. The molecule has 0 saturated carbocycles. The van der Waals surface area contributed by atoms with Crippen LogP contribution in [-0.4, -0.2) is 55.2 Å². The SMILES string of the molecule is COCCN(CC(=O)N(Cc1ccccc1)Cc1sccc1C)C(=O)c1ccc2c(c1)OCO2. The Bertz CT molecular complexity index is 1130. The van der Waals surface area contributed by atoms with E-state index in [1.165, 1.54) is 4.90 Å². The van der Waals surface area contributed by atoms with Crippen LogP contribution in [0.15, 0.2) is 60.0 Å². The van der Waals surface area contributed by atoms with Gasteiger partial charge in [0.15, 0.2) is 11.5 Å². The molecule has 0 unspecified atom stereocenters. The van der Waals surface area contributed by atoms with Gasteiger partial charge in [0.2, 0.25) is 12.7 Å². The van der Waals surface area contributed by atoms with Crippen molar-refractivity contribution in [3.8, 4) is 11.5 Å². The Morgan fingerprint density at radius 3 is 2.53 bits per heavy atom. The fourth-order valence-electron chi connectivity index (χ4n) is 3.70. The maximum absolute atomic E-state index is 13.5. The van der Waals surface area contributed by atoms with Crippen LogP contribution in [0.5, 0.6) is 11.5 Å². The fraction of sp³-hybridized carbons (Fsp3) is 0.308. The second-order valence-corrected chi connectivity index (χ2v) is 9.05. The lowest BCUT2D eigenvalue weighted by molar-refractivity contribution is -0.133. The van der Waals surface area contributed by atoms with Gasteiger partial charge >= 0.3 is 0 Å². The van der Waals surface area contributed by atoms with Crippen LogP contribution >= 0.6 is 11.3 Å². The Labute approximate surface area is 203 Å². The number of carbonyl (C=O) groups excluding carboxylic acids is 2. The van der Waals surface area contributed by atoms with Gasteiger partial charge in [-0.3, -0.25) is 9.59 Å². The van der Waals surface area contributed by atoms with E-state index in [-0.39, 0.29) is 25.2 Å². The van der Waals surface area contributed by atoms with Crippen LogP contribution in [0, 0.1) is 6.92 Å². The van der Waals surface area contributed by atoms with Crippen molar-refractivity contribution in [1.29, 1.82) is 0 Å². The van der Waals surface area contributed by atoms with Crippen molar-refractivity contribution in [2.24, 2.45) is 0 Å². The van der Waals surface area contributed by atoms with Crippen molar-refractivity contribution in [3.63, 3.8) is 0 Å². The van der Waals surface area contributed by atoms with Gasteiger partial charge in [0.1, 0.15) is 6.54 Å². The summed E-state index contributed by atoms with van der Waals surface area (Å²) in [5.41, 5.74) is 2.64. The number of methoxy groups -OCH3 is 1. The van der Waals surface area contributed by atoms with Gasteiger partial charge in [-0.2, -0.15) is 0 Å². The zero-order chi connectivity index (χ0) is 23.9. The van der Waals surface area contributed by atoms with E-state index in [2.05, 4.69) is 6.07 Å². The predicted octanol–water partition coefficient (Wildman–Crippen LogP) is 4.10. The zero-order valence-corrected chi connectivity index (χ0v) is 20.2. The zero-order valence-electron chi connectivity index (χ0n) is 19.4. The first-order chi connectivity index (χ1) is 16.5. The Morgan fingerprint density at radius 1 is 1.00 bits per heavy atom. The van der Waals surface area contributed by atoms with Crippen LogP contribution in [0.25, 0.3) is 0 Å². The van der Waals surface area contributed by atoms with Crippen LogP contribution in [0.3, 0.4) is 0 Å². The molecular formula is C26H28N2O5S. The maximum Gasteiger partial charge on any atom is 0.254 e. The number of benzene rings is 2. The first-order valence-corrected chi connectivity index (χ1v) is 12.0. The summed E-state index contributed by atoms with van der Waals surface area (Å²) in [5.74, 6) is 0.761. The van der Waals surface area contributed by atoms with E-state index in [0.29, 0.717) is 43.3 Å². The summed E-state index contributed by atoms with van der Waals surface area (Å²) in [5, 5.41) is 2.03. The van der Waals surface area contributed by atoms with E-state index in [1.54, 1.807) is 41.5 Å². The van der Waals surface area contributed by atoms with Gasteiger partial charge in [0.05, 0.1) is 13.2 Å². The molecule has 1 aliphatic heterocycles. The summed E-state index contributed by atoms with van der Waals surface area (Å²) in [7, 11) is 1.58. The molecule has 178 valence electrons. The number of amides is 2. The van der Waals surface area contributed by atoms with E-state index in [9.17, 15) is 9.59 Å². The lowest BCUT2D eigenvalue weighted by Crippen LogP contribution is -2.43. The first kappa shape index (κ1) is 23.8. The fourth-order valence-corrected chi connectivity index (χ4v) is 4.63. The lowest BCUT2D eigenvalue weighted by atomic mass is 10.1. The topological polar surface area (TPSA) is 68.3 Å². The smallest absolute Gasteiger partial charge is 0.254 e. The maximum atomic E-state index is 13.5. The third-order valence-electron chi connectivity index (χ3n) is 5.67. The van der Waals surface area contributed by atoms with E-state index < -0.39 is 0 Å². The highest BCUT2D eigenvalue weighted by Gasteiger charge is 2.25. The Balaban J connectivity index is 1.54. The van der Waals surface area contributed by atoms with Crippen molar-refractivity contribution in [3.05, 3.63) is 81.5 Å². The molecule has 0 bridgehead atoms. The molecule has 0 saturated heterocycles. The largest absolute Gasteiger partial charge is 0.454 e. The van der Waals surface area contributed by atoms with E-state index in [0.717, 1.165) is 16.0 Å². The van der Waals surface area contributed by atoms with E-state index >= 15 is 0 Å². The number of fused-ring (bicyclic) bond motifs is 1. The highest BCUT2D eigenvalue weighted by Crippen LogP contribution is 2.32. The van der Waals surface area contributed by atoms with Gasteiger partial charge in [-0.05, 0) is 47.7 Å². The summed E-state index contributed by atoms with van der Waals surface area (Å²) >= 11 is 1.63. The van der Waals surface area contributed by atoms with Gasteiger partial charge in [-0.25, -0.2) is 0 Å². The normalized spacial score (nSPS) is 11.9. The molecule has 0 spiro atoms. The number of rotatable bonds is 10. The number of hydrogen-bond acceptors (Lipinski definition) is 6. The minimum atomic E-state index is -0.254. The molecule has 2 amide bonds. The molecule has 0 radical (unpaired) electrons. The van der Waals surface area contributed by atoms with Crippen LogP contribution < -0.4 is 9.47 Å². The number of hydrogen-bond donors (Lipinski definition) is 0. The molecule has 2 heterocycles. The molecule has 1 aliphatic rings. The van der Waals surface area contributed by atoms with Crippen molar-refractivity contribution in [2.75, 3.05) is 33.6 Å². The van der Waals surface area contributed by atoms with E-state index in [1.807, 2.05) is 42.6 Å². The first-order valence-electron chi connectivity index (χ1n) is 11.1. The third-order valence-corrected chi connectivity index (χ3v) is 6.68. The Hall–Kier alpha value is -3.36. The van der Waals surface area contributed by atoms with Crippen molar-refractivity contribution >= 4 is 23.2 Å². The van der Waals surface area contributed by atoms with Gasteiger partial charge in [0.25, 0.3) is 5.91 Å². The molecule has 0 aliphatic carbocycles. The molecule has 0 N–H and O–H groups in total. The molecule has 2 aromatic carbocycles. The van der Waals surface area contributed by atoms with Gasteiger partial charge in [-0.15, -0.1) is 11.3 Å². The number of carbonyl (C=O) groups is 2. The molecule has 0 atom stereocenters. The van der Waals surface area contributed by atoms with Gasteiger partial charge < -0.3 is 24.0 Å². The average Bonchev–Trinajstić information content (AvgIpc) is 3.49. The average molecular weight is 481 g/mol. The summed E-state index contributed by atoms with van der Waals surface area (Å²) in [4.78, 5) is 31.3. The number of aryl methyl sites for hydroxylation is 1. The van der Waals surface area contributed by atoms with Gasteiger partial charge in [0, 0.05) is 30.6 Å². The third kappa shape index (κ3) is 5.76. The molecule has 3 aromatic rings. The number of nitrogens with zero attached hydrogens (tertiary/aromatic N) is 2. The Kier molecular flexibility index (Phi) is 7.82. The van der Waals surface area contributed by atoms with E-state index in [4.69, 9.17) is 14.2 Å². The van der Waals surface area contributed by atoms with Gasteiger partial charge in [-0.1, -0.05) is 30.3 Å². The predicted molar refractivity (Wildman–Crippen MR) is 130 cm³/mol. The van der Waals surface area contributed by atoms with Crippen molar-refractivity contribution < 1.29 is 23.8 Å². The molecule has 34 heavy (non-hydrogen) atoms. The van der Waals surface area contributed by atoms with Crippen molar-refractivity contribution in [2.45, 2.75) is 20.0 Å². The van der Waals surface area contributed by atoms with Crippen LogP contribution in [0.1, 0.15) is 26.4 Å².